The van der Waals surface area contributed by atoms with E-state index in [0.717, 1.165) is 23.5 Å². The second kappa shape index (κ2) is 50.1. The summed E-state index contributed by atoms with van der Waals surface area (Å²) in [5.41, 5.74) is 34.1. The van der Waals surface area contributed by atoms with E-state index < -0.39 is 228 Å². The molecule has 17 atom stereocenters. The lowest BCUT2D eigenvalue weighted by Gasteiger charge is -2.32. The molecule has 10 amide bonds. The number of allylic oxidation sites excluding steroid dienone is 1. The van der Waals surface area contributed by atoms with Gasteiger partial charge in [0.25, 0.3) is 0 Å². The van der Waals surface area contributed by atoms with Crippen molar-refractivity contribution >= 4 is 136 Å². The van der Waals surface area contributed by atoms with Crippen LogP contribution >= 0.6 is 23.5 Å². The van der Waals surface area contributed by atoms with E-state index in [0.29, 0.717) is 30.7 Å². The van der Waals surface area contributed by atoms with Crippen molar-refractivity contribution in [3.05, 3.63) is 30.0 Å². The number of nitrogens with one attached hydrogen (secondary N) is 11. The molecule has 43 heteroatoms. The smallest absolute Gasteiger partial charge is 0.327 e. The maximum atomic E-state index is 14.2. The van der Waals surface area contributed by atoms with Crippen molar-refractivity contribution in [3.8, 4) is 0 Å². The molecule has 642 valence electrons. The van der Waals surface area contributed by atoms with Gasteiger partial charge < -0.3 is 113 Å². The molecule has 115 heavy (non-hydrogen) atoms. The Hall–Kier alpha value is -10.3. The number of hydrogen-bond acceptors (Lipinski definition) is 24. The number of Topliss-reactive ketones (excluding diaryl/α,β-unsaturated/α-hetero) is 2. The van der Waals surface area contributed by atoms with Crippen LogP contribution in [-0.4, -0.2) is 252 Å². The molecule has 1 aromatic heterocycles. The highest BCUT2D eigenvalue weighted by Crippen LogP contribution is 2.25. The maximum Gasteiger partial charge on any atom is 0.327 e. The number of carbonyl (C=O) groups is 16. The molecule has 2 fully saturated rings. The quantitative estimate of drug-likeness (QED) is 0.0173. The average Bonchev–Trinajstić information content (AvgIpc) is 0.934. The fraction of sp³-hybridized carbons (Fsp3) is 0.667. The van der Waals surface area contributed by atoms with Gasteiger partial charge >= 0.3 is 23.9 Å². The van der Waals surface area contributed by atoms with Crippen LogP contribution in [0.25, 0.3) is 0 Å². The molecular weight excluding hydrogens is 1540 g/mol. The predicted molar refractivity (Wildman–Crippen MR) is 426 cm³/mol. The summed E-state index contributed by atoms with van der Waals surface area (Å²) in [5, 5.41) is 64.4. The van der Waals surface area contributed by atoms with E-state index in [1.54, 1.807) is 67.7 Å². The number of nitrogens with zero attached hydrogens (tertiary/aromatic N) is 4. The van der Waals surface area contributed by atoms with Crippen LogP contribution in [0.1, 0.15) is 151 Å². The Morgan fingerprint density at radius 3 is 1.43 bits per heavy atom. The predicted octanol–water partition coefficient (Wildman–Crippen LogP) is -3.51. The molecule has 0 spiro atoms. The number of H-pyrrole nitrogens is 1. The molecular formula is C72H117N21O20S2. The van der Waals surface area contributed by atoms with Gasteiger partial charge in [-0.1, -0.05) is 81.2 Å². The highest BCUT2D eigenvalue weighted by atomic mass is 32.2. The minimum atomic E-state index is -1.45. The van der Waals surface area contributed by atoms with Crippen molar-refractivity contribution in [1.82, 2.24) is 63.1 Å². The highest BCUT2D eigenvalue weighted by Gasteiger charge is 2.41. The van der Waals surface area contributed by atoms with Crippen LogP contribution in [-0.2, 0) is 83.1 Å². The Morgan fingerprint density at radius 2 is 1.02 bits per heavy atom. The lowest BCUT2D eigenvalue weighted by molar-refractivity contribution is -0.142. The third-order valence-electron chi connectivity index (χ3n) is 19.4. The molecule has 1 aromatic rings. The summed E-state index contributed by atoms with van der Waals surface area (Å²) in [6.07, 6.45) is 6.01. The van der Waals surface area contributed by atoms with Crippen molar-refractivity contribution in [3.63, 3.8) is 0 Å². The lowest BCUT2D eigenvalue weighted by atomic mass is 9.86. The fourth-order valence-corrected chi connectivity index (χ4v) is 14.2. The van der Waals surface area contributed by atoms with E-state index in [1.807, 2.05) is 6.92 Å². The summed E-state index contributed by atoms with van der Waals surface area (Å²) in [7, 11) is 0. The number of rotatable bonds is 38. The minimum Gasteiger partial charge on any atom is -0.481 e. The number of thioether (sulfide) groups is 2. The number of carboxylic acid groups (broad SMARTS) is 4. The van der Waals surface area contributed by atoms with E-state index in [4.69, 9.17) is 44.6 Å². The van der Waals surface area contributed by atoms with Crippen LogP contribution in [0, 0.1) is 41.4 Å². The third-order valence-corrected chi connectivity index (χ3v) is 21.8. The van der Waals surface area contributed by atoms with Gasteiger partial charge in [-0.25, -0.2) is 14.6 Å². The molecule has 41 nitrogen and oxygen atoms in total. The second-order valence-electron chi connectivity index (χ2n) is 29.3. The van der Waals surface area contributed by atoms with Gasteiger partial charge in [-0.15, -0.1) is 0 Å². The number of guanidine groups is 2. The SMILES string of the molecule is CCC(C)C1NC(=O)C(NC(=O)C(CC(=O)C(CCCN=C(N)N)NC(=O)C(N)CC(=O)O)C(C)C)C(C)CSCC(C(=O)O)NC(=O)C(Cc2cnc[nH]2)NC1=O.CCC(C)C1NC(=O)C(NC(=O)C(CC(=O)C(CCCN=C(N)N)NC(=O)C(N)CC(=O)O)C(C)C)CCSCC(C(=O)O)NC(=O)C(CC2=CCC=N2)NC1=O. The van der Waals surface area contributed by atoms with Gasteiger partial charge in [-0.3, -0.25) is 82.1 Å². The van der Waals surface area contributed by atoms with Crippen LogP contribution in [0.4, 0.5) is 0 Å². The molecule has 0 bridgehead atoms. The Kier molecular flexibility index (Phi) is 43.1. The monoisotopic (exact) mass is 1660 g/mol. The van der Waals surface area contributed by atoms with Gasteiger partial charge in [0.15, 0.2) is 23.5 Å². The number of carboxylic acids is 4. The number of aromatic nitrogens is 2. The van der Waals surface area contributed by atoms with Gasteiger partial charge in [0.2, 0.25) is 59.1 Å². The van der Waals surface area contributed by atoms with Crippen LogP contribution < -0.4 is 87.6 Å². The summed E-state index contributed by atoms with van der Waals surface area (Å²) >= 11 is 2.27. The minimum absolute atomic E-state index is 0.00411. The molecule has 4 heterocycles. The number of aliphatic imine (C=N–C) groups is 3. The van der Waals surface area contributed by atoms with Gasteiger partial charge in [0.1, 0.15) is 48.3 Å². The first-order chi connectivity index (χ1) is 54.1. The number of ketones is 2. The summed E-state index contributed by atoms with van der Waals surface area (Å²) in [6.45, 7) is 15.8. The highest BCUT2D eigenvalue weighted by molar-refractivity contribution is 7.99. The molecule has 3 aliphatic heterocycles. The lowest BCUT2D eigenvalue weighted by Crippen LogP contribution is -2.61. The van der Waals surface area contributed by atoms with Crippen LogP contribution in [0.5, 0.6) is 0 Å². The maximum absolute atomic E-state index is 14.2. The first kappa shape index (κ1) is 98.9. The van der Waals surface area contributed by atoms with E-state index in [1.165, 1.54) is 12.5 Å². The molecule has 17 unspecified atom stereocenters. The number of nitrogens with two attached hydrogens (primary N) is 6. The Morgan fingerprint density at radius 1 is 0.565 bits per heavy atom. The van der Waals surface area contributed by atoms with E-state index >= 15 is 0 Å². The molecule has 2 saturated heterocycles. The molecule has 4 rings (SSSR count). The summed E-state index contributed by atoms with van der Waals surface area (Å²) < 4.78 is 0. The Balaban J connectivity index is 0.000000595. The standard InChI is InChI=1S/C36H59N11O10S.C36H58N10O10S/c1-6-18(4)28-33(54)44-24(10-20-13-40-16-42-20)32(53)45-25(35(56)57)15-58-14-19(5)29(34(55)47-28)46-30(51)21(17(2)3)11-26(48)23(8-7-9-41-36(38)39)43-31(52)22(37)12-27(49)50;1-5-19(4)29-34(54)44-25(14-20-8-6-11-40-20)33(53)45-26(35(55)56)17-57-13-10-24(32(52)46-29)43-30(50)21(18(2)3)15-27(47)23(9-7-12-41-36(38)39)42-31(51)22(37)16-28(48)49/h13,16-19,21-25,28-29H,6-12,14-15,37H2,1-5H3,(H,40,42)(H,43,52)(H,44,54)(H,45,53)(H,46,51)(H,47,55)(H,49,50)(H,56,57)(H4,38,39,41);8,11,18-19,21-26,29H,5-7,9-10,12-17,37H2,1-4H3,(H,42,51)(H,43,50)(H,44,54)(H,45,53)(H,46,52)(H,48,49)(H,55,56)(H4,38,39,41). The number of amides is 10. The largest absolute Gasteiger partial charge is 0.481 e. The second-order valence-corrected chi connectivity index (χ2v) is 31.5. The zero-order valence-corrected chi connectivity index (χ0v) is 67.9. The van der Waals surface area contributed by atoms with Crippen LogP contribution in [0.2, 0.25) is 0 Å². The summed E-state index contributed by atoms with van der Waals surface area (Å²) in [6, 6.07) is -15.2. The number of aliphatic carboxylic acids is 4. The molecule has 27 N–H and O–H groups in total. The number of imidazole rings is 1. The number of hydrogen-bond donors (Lipinski definition) is 21. The van der Waals surface area contributed by atoms with Gasteiger partial charge in [0.05, 0.1) is 43.3 Å². The van der Waals surface area contributed by atoms with Crippen LogP contribution in [0.3, 0.4) is 0 Å². The first-order valence-corrected chi connectivity index (χ1v) is 40.3. The zero-order chi connectivity index (χ0) is 86.5. The van der Waals surface area contributed by atoms with Crippen molar-refractivity contribution in [2.45, 2.75) is 225 Å². The fourth-order valence-electron chi connectivity index (χ4n) is 12.0. The summed E-state index contributed by atoms with van der Waals surface area (Å²) in [5.74, 6) is -18.5. The third kappa shape index (κ3) is 35.1. The zero-order valence-electron chi connectivity index (χ0n) is 66.3. The first-order valence-electron chi connectivity index (χ1n) is 38.0. The van der Waals surface area contributed by atoms with Gasteiger partial charge in [0, 0.05) is 92.3 Å². The number of aromatic amines is 1. The molecule has 0 aliphatic carbocycles. The van der Waals surface area contributed by atoms with Crippen molar-refractivity contribution < 1.29 is 97.1 Å². The van der Waals surface area contributed by atoms with Crippen molar-refractivity contribution in [2.24, 2.45) is 90.8 Å². The van der Waals surface area contributed by atoms with Crippen molar-refractivity contribution in [2.75, 3.05) is 36.1 Å². The Bertz CT molecular complexity index is 3650. The van der Waals surface area contributed by atoms with E-state index in [9.17, 15) is 86.9 Å². The van der Waals surface area contributed by atoms with E-state index in [2.05, 4.69) is 78.1 Å². The normalized spacial score (nSPS) is 22.7. The summed E-state index contributed by atoms with van der Waals surface area (Å²) in [4.78, 5) is 229. The number of carbonyl (C=O) groups excluding carboxylic acids is 12. The van der Waals surface area contributed by atoms with Crippen molar-refractivity contribution in [1.29, 1.82) is 0 Å². The molecule has 0 saturated carbocycles. The van der Waals surface area contributed by atoms with Gasteiger partial charge in [-0.05, 0) is 73.2 Å². The molecule has 0 aromatic carbocycles. The van der Waals surface area contributed by atoms with E-state index in [-0.39, 0.29) is 99.4 Å². The molecule has 0 radical (unpaired) electrons. The topological polar surface area (TPSA) is 696 Å². The van der Waals surface area contributed by atoms with Crippen LogP contribution in [0.15, 0.2) is 39.3 Å². The van der Waals surface area contributed by atoms with Gasteiger partial charge in [-0.2, -0.15) is 23.5 Å². The molecule has 3 aliphatic rings. The Labute approximate surface area is 675 Å². The average molecular weight is 1660 g/mol.